The molecule has 0 unspecified atom stereocenters. The van der Waals surface area contributed by atoms with E-state index in [1.807, 2.05) is 53.9 Å². The van der Waals surface area contributed by atoms with E-state index in [-0.39, 0.29) is 17.9 Å². The van der Waals surface area contributed by atoms with Gasteiger partial charge in [-0.1, -0.05) is 51.1 Å². The van der Waals surface area contributed by atoms with Gasteiger partial charge in [-0.3, -0.25) is 10.1 Å². The Labute approximate surface area is 169 Å². The highest BCUT2D eigenvalue weighted by Crippen LogP contribution is 2.32. The summed E-state index contributed by atoms with van der Waals surface area (Å²) in [5.74, 6) is 1.22. The monoisotopic (exact) mass is 396 g/mol. The minimum absolute atomic E-state index is 0.0635. The van der Waals surface area contributed by atoms with Crippen molar-refractivity contribution in [3.8, 4) is 22.8 Å². The quantitative estimate of drug-likeness (QED) is 0.627. The molecule has 0 saturated heterocycles. The maximum Gasteiger partial charge on any atom is 0.264 e. The van der Waals surface area contributed by atoms with Crippen LogP contribution in [-0.2, 0) is 10.2 Å². The summed E-state index contributed by atoms with van der Waals surface area (Å²) in [4.78, 5) is 16.8. The molecule has 0 aliphatic rings. The van der Waals surface area contributed by atoms with Crippen LogP contribution in [-0.4, -0.2) is 24.6 Å². The lowest BCUT2D eigenvalue weighted by molar-refractivity contribution is -0.118. The van der Waals surface area contributed by atoms with Gasteiger partial charge in [-0.15, -0.1) is 11.3 Å². The van der Waals surface area contributed by atoms with Gasteiger partial charge in [0.05, 0.1) is 12.8 Å². The van der Waals surface area contributed by atoms with Gasteiger partial charge in [0, 0.05) is 10.9 Å². The number of aromatic nitrogens is 1. The molecule has 146 valence electrons. The van der Waals surface area contributed by atoms with E-state index < -0.39 is 0 Å². The van der Waals surface area contributed by atoms with Crippen molar-refractivity contribution in [1.29, 1.82) is 0 Å². The fraction of sp³-hybridized carbons (Fsp3) is 0.273. The first-order valence-electron chi connectivity index (χ1n) is 8.99. The normalized spacial score (nSPS) is 11.1. The molecule has 0 aliphatic heterocycles. The first-order chi connectivity index (χ1) is 13.4. The Kier molecular flexibility index (Phi) is 5.99. The van der Waals surface area contributed by atoms with Crippen molar-refractivity contribution in [3.63, 3.8) is 0 Å². The van der Waals surface area contributed by atoms with E-state index in [2.05, 4.69) is 31.1 Å². The Hall–Kier alpha value is -2.86. The fourth-order valence-electron chi connectivity index (χ4n) is 2.82. The summed E-state index contributed by atoms with van der Waals surface area (Å²) in [5.41, 5.74) is 2.65. The molecule has 1 N–H and O–H groups in total. The average Bonchev–Trinajstić information content (AvgIpc) is 3.14. The first kappa shape index (κ1) is 19.9. The van der Waals surface area contributed by atoms with Gasteiger partial charge in [0.1, 0.15) is 11.5 Å². The number of nitrogens with one attached hydrogen (secondary N) is 1. The van der Waals surface area contributed by atoms with Crippen LogP contribution in [0, 0.1) is 0 Å². The molecule has 1 amide bonds. The second-order valence-electron chi connectivity index (χ2n) is 7.32. The van der Waals surface area contributed by atoms with Crippen molar-refractivity contribution in [2.24, 2.45) is 0 Å². The zero-order valence-corrected chi connectivity index (χ0v) is 17.3. The molecule has 5 nitrogen and oxygen atoms in total. The van der Waals surface area contributed by atoms with Crippen molar-refractivity contribution in [3.05, 3.63) is 59.5 Å². The van der Waals surface area contributed by atoms with Gasteiger partial charge in [0.2, 0.25) is 0 Å². The molecule has 3 aromatic rings. The summed E-state index contributed by atoms with van der Waals surface area (Å²) in [7, 11) is 1.63. The molecule has 28 heavy (non-hydrogen) atoms. The number of amides is 1. The van der Waals surface area contributed by atoms with Crippen molar-refractivity contribution in [2.75, 3.05) is 19.0 Å². The number of methoxy groups -OCH3 is 1. The van der Waals surface area contributed by atoms with Gasteiger partial charge < -0.3 is 9.47 Å². The molecule has 1 aromatic heterocycles. The Morgan fingerprint density at radius 3 is 2.46 bits per heavy atom. The van der Waals surface area contributed by atoms with Crippen molar-refractivity contribution in [2.45, 2.75) is 26.2 Å². The molecule has 0 spiro atoms. The molecule has 0 aliphatic carbocycles. The molecular formula is C22H24N2O3S. The molecule has 0 fully saturated rings. The summed E-state index contributed by atoms with van der Waals surface area (Å²) in [6, 6.07) is 15.4. The Morgan fingerprint density at radius 2 is 1.75 bits per heavy atom. The number of thiazole rings is 1. The molecule has 0 atom stereocenters. The highest BCUT2D eigenvalue weighted by Gasteiger charge is 2.19. The van der Waals surface area contributed by atoms with Crippen LogP contribution in [0.2, 0.25) is 0 Å². The number of carbonyl (C=O) groups is 1. The predicted octanol–water partition coefficient (Wildman–Crippen LogP) is 5.13. The maximum absolute atomic E-state index is 12.3. The van der Waals surface area contributed by atoms with Crippen LogP contribution in [0.5, 0.6) is 11.5 Å². The number of rotatable bonds is 6. The molecule has 3 rings (SSSR count). The third kappa shape index (κ3) is 4.70. The molecule has 6 heteroatoms. The lowest BCUT2D eigenvalue weighted by Gasteiger charge is -2.22. The number of nitrogens with zero attached hydrogens (tertiary/aromatic N) is 1. The van der Waals surface area contributed by atoms with Crippen LogP contribution in [0.1, 0.15) is 26.3 Å². The predicted molar refractivity (Wildman–Crippen MR) is 113 cm³/mol. The van der Waals surface area contributed by atoms with Crippen LogP contribution in [0.3, 0.4) is 0 Å². The maximum atomic E-state index is 12.3. The van der Waals surface area contributed by atoms with Gasteiger partial charge in [-0.25, -0.2) is 4.98 Å². The van der Waals surface area contributed by atoms with Gasteiger partial charge in [-0.2, -0.15) is 0 Å². The second-order valence-corrected chi connectivity index (χ2v) is 8.18. The number of carbonyl (C=O) groups excluding carboxylic acids is 1. The largest absolute Gasteiger partial charge is 0.496 e. The highest BCUT2D eigenvalue weighted by molar-refractivity contribution is 7.14. The van der Waals surface area contributed by atoms with E-state index >= 15 is 0 Å². The van der Waals surface area contributed by atoms with Crippen LogP contribution >= 0.6 is 11.3 Å². The number of ether oxygens (including phenoxy) is 2. The topological polar surface area (TPSA) is 60.5 Å². The number of anilines is 1. The number of benzene rings is 2. The van der Waals surface area contributed by atoms with E-state index in [0.29, 0.717) is 5.13 Å². The molecule has 2 aromatic carbocycles. The van der Waals surface area contributed by atoms with Gasteiger partial charge in [0.15, 0.2) is 11.7 Å². The zero-order chi connectivity index (χ0) is 20.1. The summed E-state index contributed by atoms with van der Waals surface area (Å²) in [6.45, 7) is 6.27. The Morgan fingerprint density at radius 1 is 1.07 bits per heavy atom. The minimum atomic E-state index is -0.246. The van der Waals surface area contributed by atoms with E-state index in [1.165, 1.54) is 11.3 Å². The Bertz CT molecular complexity index is 960. The molecule has 0 bridgehead atoms. The van der Waals surface area contributed by atoms with Crippen LogP contribution in [0.25, 0.3) is 11.3 Å². The molecule has 1 heterocycles. The number of hydrogen-bond donors (Lipinski definition) is 1. The van der Waals surface area contributed by atoms with E-state index in [9.17, 15) is 4.79 Å². The molecule has 0 radical (unpaired) electrons. The van der Waals surface area contributed by atoms with Crippen molar-refractivity contribution < 1.29 is 14.3 Å². The Balaban J connectivity index is 1.65. The minimum Gasteiger partial charge on any atom is -0.496 e. The van der Waals surface area contributed by atoms with Gasteiger partial charge in [0.25, 0.3) is 5.91 Å². The van der Waals surface area contributed by atoms with E-state index in [0.717, 1.165) is 28.3 Å². The smallest absolute Gasteiger partial charge is 0.264 e. The van der Waals surface area contributed by atoms with Crippen molar-refractivity contribution in [1.82, 2.24) is 4.98 Å². The van der Waals surface area contributed by atoms with Gasteiger partial charge in [-0.05, 0) is 29.2 Å². The van der Waals surface area contributed by atoms with E-state index in [1.54, 1.807) is 7.11 Å². The van der Waals surface area contributed by atoms with Gasteiger partial charge >= 0.3 is 0 Å². The van der Waals surface area contributed by atoms with Crippen LogP contribution in [0.4, 0.5) is 5.13 Å². The average molecular weight is 397 g/mol. The number of para-hydroxylation sites is 2. The molecule has 0 saturated carbocycles. The number of hydrogen-bond acceptors (Lipinski definition) is 5. The molecular weight excluding hydrogens is 372 g/mol. The summed E-state index contributed by atoms with van der Waals surface area (Å²) < 4.78 is 11.1. The third-order valence-corrected chi connectivity index (χ3v) is 4.95. The lowest BCUT2D eigenvalue weighted by atomic mass is 9.86. The first-order valence-corrected chi connectivity index (χ1v) is 9.87. The fourth-order valence-corrected chi connectivity index (χ4v) is 3.55. The van der Waals surface area contributed by atoms with Crippen molar-refractivity contribution >= 4 is 22.4 Å². The zero-order valence-electron chi connectivity index (χ0n) is 16.5. The van der Waals surface area contributed by atoms with E-state index in [4.69, 9.17) is 9.47 Å². The van der Waals surface area contributed by atoms with Crippen LogP contribution in [0.15, 0.2) is 53.9 Å². The lowest BCUT2D eigenvalue weighted by Crippen LogP contribution is -2.21. The highest BCUT2D eigenvalue weighted by atomic mass is 32.1. The van der Waals surface area contributed by atoms with Crippen LogP contribution < -0.4 is 14.8 Å². The summed E-state index contributed by atoms with van der Waals surface area (Å²) >= 11 is 1.37. The summed E-state index contributed by atoms with van der Waals surface area (Å²) in [5, 5.41) is 5.22. The standard InChI is InChI=1S/C22H24N2O3S/c1-22(2,3)16-10-6-8-12-19(16)27-13-20(25)24-21-23-17(14-28-21)15-9-5-7-11-18(15)26-4/h5-12,14H,13H2,1-4H3,(H,23,24,25). The summed E-state index contributed by atoms with van der Waals surface area (Å²) in [6.07, 6.45) is 0. The second kappa shape index (κ2) is 8.44. The third-order valence-electron chi connectivity index (χ3n) is 4.19. The SMILES string of the molecule is COc1ccccc1-c1csc(NC(=O)COc2ccccc2C(C)(C)C)n1.